The second kappa shape index (κ2) is 6.25. The summed E-state index contributed by atoms with van der Waals surface area (Å²) >= 11 is 1.22. The second-order valence-corrected chi connectivity index (χ2v) is 5.77. The number of morpholine rings is 1. The molecule has 4 nitrogen and oxygen atoms in total. The van der Waals surface area contributed by atoms with E-state index in [-0.39, 0.29) is 17.0 Å². The van der Waals surface area contributed by atoms with Gasteiger partial charge in [0.25, 0.3) is 0 Å². The molecule has 1 amide bonds. The molecule has 2 rings (SSSR count). The highest BCUT2D eigenvalue weighted by molar-refractivity contribution is 8.00. The SMILES string of the molecule is CC(Sc1ccc(N)cc1F)C(=O)N1CCOCC1. The molecule has 1 atom stereocenters. The molecule has 0 bridgehead atoms. The van der Waals surface area contributed by atoms with E-state index in [1.807, 2.05) is 0 Å². The fourth-order valence-electron chi connectivity index (χ4n) is 1.89. The molecule has 1 saturated heterocycles. The summed E-state index contributed by atoms with van der Waals surface area (Å²) in [5, 5.41) is -0.323. The molecule has 6 heteroatoms. The predicted molar refractivity (Wildman–Crippen MR) is 73.5 cm³/mol. The third kappa shape index (κ3) is 3.61. The molecule has 0 aliphatic carbocycles. The first-order valence-corrected chi connectivity index (χ1v) is 7.04. The molecule has 0 spiro atoms. The number of amides is 1. The Kier molecular flexibility index (Phi) is 4.66. The highest BCUT2D eigenvalue weighted by Crippen LogP contribution is 2.28. The van der Waals surface area contributed by atoms with E-state index in [1.54, 1.807) is 24.0 Å². The van der Waals surface area contributed by atoms with E-state index in [0.29, 0.717) is 36.9 Å². The summed E-state index contributed by atoms with van der Waals surface area (Å²) in [5.74, 6) is -0.365. The van der Waals surface area contributed by atoms with Crippen molar-refractivity contribution in [3.8, 4) is 0 Å². The molecule has 1 aliphatic heterocycles. The first-order valence-electron chi connectivity index (χ1n) is 6.16. The van der Waals surface area contributed by atoms with Crippen LogP contribution in [0.15, 0.2) is 23.1 Å². The summed E-state index contributed by atoms with van der Waals surface area (Å²) in [6.45, 7) is 4.14. The van der Waals surface area contributed by atoms with Crippen LogP contribution in [-0.4, -0.2) is 42.4 Å². The van der Waals surface area contributed by atoms with Crippen molar-refractivity contribution in [3.63, 3.8) is 0 Å². The molecule has 19 heavy (non-hydrogen) atoms. The summed E-state index contributed by atoms with van der Waals surface area (Å²) in [6.07, 6.45) is 0. The van der Waals surface area contributed by atoms with Crippen molar-refractivity contribution in [2.24, 2.45) is 0 Å². The van der Waals surface area contributed by atoms with Gasteiger partial charge in [-0.1, -0.05) is 0 Å². The number of ether oxygens (including phenoxy) is 1. The number of anilines is 1. The minimum atomic E-state index is -0.383. The minimum Gasteiger partial charge on any atom is -0.399 e. The van der Waals surface area contributed by atoms with E-state index in [1.165, 1.54) is 17.8 Å². The molecule has 1 unspecified atom stereocenters. The van der Waals surface area contributed by atoms with Crippen LogP contribution in [0.3, 0.4) is 0 Å². The quantitative estimate of drug-likeness (QED) is 0.678. The van der Waals surface area contributed by atoms with E-state index >= 15 is 0 Å². The van der Waals surface area contributed by atoms with Crippen molar-refractivity contribution in [2.45, 2.75) is 17.1 Å². The van der Waals surface area contributed by atoms with Gasteiger partial charge in [-0.3, -0.25) is 4.79 Å². The topological polar surface area (TPSA) is 55.6 Å². The van der Waals surface area contributed by atoms with E-state index in [9.17, 15) is 9.18 Å². The van der Waals surface area contributed by atoms with Crippen molar-refractivity contribution in [1.82, 2.24) is 4.90 Å². The van der Waals surface area contributed by atoms with Gasteiger partial charge in [0.05, 0.1) is 18.5 Å². The summed E-state index contributed by atoms with van der Waals surface area (Å²) < 4.78 is 18.9. The smallest absolute Gasteiger partial charge is 0.235 e. The highest BCUT2D eigenvalue weighted by Gasteiger charge is 2.23. The fourth-order valence-corrected chi connectivity index (χ4v) is 2.84. The number of nitrogens with two attached hydrogens (primary N) is 1. The van der Waals surface area contributed by atoms with Gasteiger partial charge < -0.3 is 15.4 Å². The molecule has 104 valence electrons. The molecule has 1 aliphatic rings. The van der Waals surface area contributed by atoms with E-state index in [4.69, 9.17) is 10.5 Å². The number of hydrogen-bond donors (Lipinski definition) is 1. The molecule has 0 aromatic heterocycles. The van der Waals surface area contributed by atoms with Crippen LogP contribution < -0.4 is 5.73 Å². The van der Waals surface area contributed by atoms with Crippen LogP contribution in [0.5, 0.6) is 0 Å². The van der Waals surface area contributed by atoms with Gasteiger partial charge >= 0.3 is 0 Å². The van der Waals surface area contributed by atoms with Crippen molar-refractivity contribution in [1.29, 1.82) is 0 Å². The predicted octanol–water partition coefficient (Wildman–Crippen LogP) is 1.75. The first kappa shape index (κ1) is 14.1. The average Bonchev–Trinajstić information content (AvgIpc) is 2.42. The zero-order chi connectivity index (χ0) is 13.8. The van der Waals surface area contributed by atoms with E-state index in [0.717, 1.165) is 0 Å². The van der Waals surface area contributed by atoms with Gasteiger partial charge in [0.15, 0.2) is 0 Å². The first-order chi connectivity index (χ1) is 9.08. The van der Waals surface area contributed by atoms with Crippen LogP contribution in [0.25, 0.3) is 0 Å². The van der Waals surface area contributed by atoms with Crippen LogP contribution in [-0.2, 0) is 9.53 Å². The average molecular weight is 284 g/mol. The summed E-state index contributed by atoms with van der Waals surface area (Å²) in [4.78, 5) is 14.4. The number of carbonyl (C=O) groups is 1. The number of thioether (sulfide) groups is 1. The number of rotatable bonds is 3. The third-order valence-corrected chi connectivity index (χ3v) is 4.07. The Morgan fingerprint density at radius 2 is 2.16 bits per heavy atom. The molecule has 1 fully saturated rings. The van der Waals surface area contributed by atoms with Gasteiger partial charge in [-0.15, -0.1) is 11.8 Å². The maximum absolute atomic E-state index is 13.7. The number of benzene rings is 1. The summed E-state index contributed by atoms with van der Waals surface area (Å²) in [6, 6.07) is 4.52. The Labute approximate surface area is 116 Å². The largest absolute Gasteiger partial charge is 0.399 e. The molecule has 1 aromatic carbocycles. The van der Waals surface area contributed by atoms with Crippen LogP contribution in [0.4, 0.5) is 10.1 Å². The van der Waals surface area contributed by atoms with Crippen molar-refractivity contribution >= 4 is 23.4 Å². The lowest BCUT2D eigenvalue weighted by atomic mass is 10.3. The van der Waals surface area contributed by atoms with Gasteiger partial charge in [-0.25, -0.2) is 4.39 Å². The highest BCUT2D eigenvalue weighted by atomic mass is 32.2. The van der Waals surface area contributed by atoms with Crippen LogP contribution in [0.1, 0.15) is 6.92 Å². The second-order valence-electron chi connectivity index (χ2n) is 4.39. The van der Waals surface area contributed by atoms with Crippen LogP contribution in [0.2, 0.25) is 0 Å². The molecular weight excluding hydrogens is 267 g/mol. The van der Waals surface area contributed by atoms with E-state index < -0.39 is 0 Å². The van der Waals surface area contributed by atoms with Crippen molar-refractivity contribution in [2.75, 3.05) is 32.0 Å². The lowest BCUT2D eigenvalue weighted by Gasteiger charge is -2.29. The normalized spacial score (nSPS) is 17.3. The molecular formula is C13H17FN2O2S. The lowest BCUT2D eigenvalue weighted by Crippen LogP contribution is -2.44. The zero-order valence-electron chi connectivity index (χ0n) is 10.8. The fraction of sp³-hybridized carbons (Fsp3) is 0.462. The maximum atomic E-state index is 13.7. The Morgan fingerprint density at radius 1 is 1.47 bits per heavy atom. The molecule has 0 radical (unpaired) electrons. The monoisotopic (exact) mass is 284 g/mol. The van der Waals surface area contributed by atoms with Gasteiger partial charge in [0.2, 0.25) is 5.91 Å². The Bertz CT molecular complexity index is 464. The van der Waals surface area contributed by atoms with Gasteiger partial charge in [0, 0.05) is 23.7 Å². The summed E-state index contributed by atoms with van der Waals surface area (Å²) in [5.41, 5.74) is 5.88. The zero-order valence-corrected chi connectivity index (χ0v) is 11.6. The Morgan fingerprint density at radius 3 is 2.79 bits per heavy atom. The van der Waals surface area contributed by atoms with E-state index in [2.05, 4.69) is 0 Å². The standard InChI is InChI=1S/C13H17FN2O2S/c1-9(13(17)16-4-6-18-7-5-16)19-12-3-2-10(15)8-11(12)14/h2-3,8-9H,4-7,15H2,1H3. The summed E-state index contributed by atoms with van der Waals surface area (Å²) in [7, 11) is 0. The van der Waals surface area contributed by atoms with Crippen molar-refractivity contribution in [3.05, 3.63) is 24.0 Å². The number of nitrogen functional groups attached to an aromatic ring is 1. The Balaban J connectivity index is 1.99. The Hall–Kier alpha value is -1.27. The number of carbonyl (C=O) groups excluding carboxylic acids is 1. The van der Waals surface area contributed by atoms with Crippen LogP contribution >= 0.6 is 11.8 Å². The molecule has 0 saturated carbocycles. The van der Waals surface area contributed by atoms with Crippen molar-refractivity contribution < 1.29 is 13.9 Å². The maximum Gasteiger partial charge on any atom is 0.235 e. The van der Waals surface area contributed by atoms with Crippen LogP contribution in [0, 0.1) is 5.82 Å². The van der Waals surface area contributed by atoms with Gasteiger partial charge in [-0.05, 0) is 25.1 Å². The number of hydrogen-bond acceptors (Lipinski definition) is 4. The van der Waals surface area contributed by atoms with Gasteiger partial charge in [-0.2, -0.15) is 0 Å². The van der Waals surface area contributed by atoms with Gasteiger partial charge in [0.1, 0.15) is 5.82 Å². The third-order valence-electron chi connectivity index (χ3n) is 2.93. The number of nitrogens with zero attached hydrogens (tertiary/aromatic N) is 1. The number of halogens is 1. The minimum absolute atomic E-state index is 0.0181. The molecule has 1 aromatic rings. The molecule has 2 N–H and O–H groups in total. The molecule has 1 heterocycles. The lowest BCUT2D eigenvalue weighted by molar-refractivity contribution is -0.134.